The van der Waals surface area contributed by atoms with Crippen LogP contribution in [0.5, 0.6) is 11.5 Å². The summed E-state index contributed by atoms with van der Waals surface area (Å²) in [4.78, 5) is 11.1. The summed E-state index contributed by atoms with van der Waals surface area (Å²) in [5.74, 6) is 0.648. The lowest BCUT2D eigenvalue weighted by molar-refractivity contribution is 0.100. The number of ether oxygens (including phenoxy) is 2. The number of nitrogens with two attached hydrogens (primary N) is 2. The second-order valence-electron chi connectivity index (χ2n) is 4.61. The lowest BCUT2D eigenvalue weighted by Crippen LogP contribution is -2.11. The molecule has 0 radical (unpaired) electrons. The van der Waals surface area contributed by atoms with E-state index in [1.165, 1.54) is 11.6 Å². The molecule has 0 bridgehead atoms. The van der Waals surface area contributed by atoms with Crippen LogP contribution in [0, 0.1) is 0 Å². The number of hydrogen-bond donors (Lipinski definition) is 2. The van der Waals surface area contributed by atoms with Gasteiger partial charge < -0.3 is 20.9 Å². The number of benzene rings is 2. The summed E-state index contributed by atoms with van der Waals surface area (Å²) in [5.41, 5.74) is 12.9. The predicted molar refractivity (Wildman–Crippen MR) is 81.5 cm³/mol. The minimum Gasteiger partial charge on any atom is -0.455 e. The quantitative estimate of drug-likeness (QED) is 0.798. The van der Waals surface area contributed by atoms with Crippen molar-refractivity contribution in [3.63, 3.8) is 0 Å². The van der Waals surface area contributed by atoms with Crippen LogP contribution in [0.3, 0.4) is 0 Å². The Labute approximate surface area is 123 Å². The van der Waals surface area contributed by atoms with E-state index in [1.54, 1.807) is 19.2 Å². The van der Waals surface area contributed by atoms with E-state index < -0.39 is 5.91 Å². The van der Waals surface area contributed by atoms with E-state index in [1.807, 2.05) is 24.3 Å². The van der Waals surface area contributed by atoms with Gasteiger partial charge in [0, 0.05) is 12.7 Å². The molecule has 2 rings (SSSR count). The predicted octanol–water partition coefficient (Wildman–Crippen LogP) is 2.35. The normalized spacial score (nSPS) is 10.3. The second kappa shape index (κ2) is 6.76. The van der Waals surface area contributed by atoms with Crippen molar-refractivity contribution >= 4 is 11.6 Å². The largest absolute Gasteiger partial charge is 0.455 e. The van der Waals surface area contributed by atoms with Crippen LogP contribution in [-0.4, -0.2) is 19.6 Å². The van der Waals surface area contributed by atoms with E-state index in [2.05, 4.69) is 0 Å². The molecule has 1 amide bonds. The van der Waals surface area contributed by atoms with E-state index >= 15 is 0 Å². The van der Waals surface area contributed by atoms with Gasteiger partial charge in [0.2, 0.25) is 5.91 Å². The molecule has 0 unspecified atom stereocenters. The third-order valence-electron chi connectivity index (χ3n) is 3.04. The molecular formula is C16H18N2O3. The average Bonchev–Trinajstić information content (AvgIpc) is 2.48. The zero-order valence-electron chi connectivity index (χ0n) is 11.8. The molecule has 2 aromatic rings. The van der Waals surface area contributed by atoms with Gasteiger partial charge in [-0.2, -0.15) is 0 Å². The molecule has 5 nitrogen and oxygen atoms in total. The van der Waals surface area contributed by atoms with Crippen LogP contribution in [0.4, 0.5) is 5.69 Å². The molecule has 21 heavy (non-hydrogen) atoms. The minimum absolute atomic E-state index is 0.356. The number of anilines is 1. The fraction of sp³-hybridized carbons (Fsp3) is 0.188. The van der Waals surface area contributed by atoms with Crippen molar-refractivity contribution in [2.75, 3.05) is 19.5 Å². The first-order chi connectivity index (χ1) is 10.1. The van der Waals surface area contributed by atoms with Crippen molar-refractivity contribution in [1.29, 1.82) is 0 Å². The van der Waals surface area contributed by atoms with Gasteiger partial charge in [0.05, 0.1) is 12.3 Å². The van der Waals surface area contributed by atoms with Gasteiger partial charge in [-0.1, -0.05) is 12.1 Å². The van der Waals surface area contributed by atoms with E-state index in [-0.39, 0.29) is 0 Å². The summed E-state index contributed by atoms with van der Waals surface area (Å²) in [7, 11) is 1.68. The zero-order chi connectivity index (χ0) is 15.2. The van der Waals surface area contributed by atoms with Crippen molar-refractivity contribution in [2.45, 2.75) is 6.42 Å². The molecule has 0 spiro atoms. The third kappa shape index (κ3) is 3.97. The van der Waals surface area contributed by atoms with Crippen molar-refractivity contribution in [3.8, 4) is 11.5 Å². The Hall–Kier alpha value is -2.53. The van der Waals surface area contributed by atoms with Crippen LogP contribution < -0.4 is 16.2 Å². The summed E-state index contributed by atoms with van der Waals surface area (Å²) >= 11 is 0. The summed E-state index contributed by atoms with van der Waals surface area (Å²) in [6, 6.07) is 12.4. The number of nitrogen functional groups attached to an aromatic ring is 1. The van der Waals surface area contributed by atoms with Crippen molar-refractivity contribution in [1.82, 2.24) is 0 Å². The smallest absolute Gasteiger partial charge is 0.248 e. The van der Waals surface area contributed by atoms with Gasteiger partial charge in [-0.05, 0) is 42.3 Å². The Morgan fingerprint density at radius 2 is 1.86 bits per heavy atom. The van der Waals surface area contributed by atoms with E-state index in [4.69, 9.17) is 20.9 Å². The standard InChI is InChI=1S/C16H18N2O3/c1-20-9-8-11-2-5-13(6-3-11)21-15-7-4-12(16(18)19)10-14(15)17/h2-7,10H,8-9,17H2,1H3,(H2,18,19). The molecule has 0 aliphatic rings. The van der Waals surface area contributed by atoms with Gasteiger partial charge in [0.1, 0.15) is 11.5 Å². The highest BCUT2D eigenvalue weighted by atomic mass is 16.5. The Morgan fingerprint density at radius 3 is 2.43 bits per heavy atom. The maximum absolute atomic E-state index is 11.1. The van der Waals surface area contributed by atoms with Gasteiger partial charge >= 0.3 is 0 Å². The minimum atomic E-state index is -0.518. The van der Waals surface area contributed by atoms with Gasteiger partial charge in [-0.25, -0.2) is 0 Å². The molecule has 0 fully saturated rings. The highest BCUT2D eigenvalue weighted by Crippen LogP contribution is 2.28. The summed E-state index contributed by atoms with van der Waals surface area (Å²) < 4.78 is 10.7. The van der Waals surface area contributed by atoms with Crippen LogP contribution in [0.25, 0.3) is 0 Å². The van der Waals surface area contributed by atoms with Crippen molar-refractivity contribution in [2.24, 2.45) is 5.73 Å². The Morgan fingerprint density at radius 1 is 1.14 bits per heavy atom. The van der Waals surface area contributed by atoms with Gasteiger partial charge in [0.15, 0.2) is 0 Å². The van der Waals surface area contributed by atoms with E-state index in [9.17, 15) is 4.79 Å². The first kappa shape index (κ1) is 14.9. The van der Waals surface area contributed by atoms with Crippen LogP contribution >= 0.6 is 0 Å². The second-order valence-corrected chi connectivity index (χ2v) is 4.61. The van der Waals surface area contributed by atoms with Gasteiger partial charge in [0.25, 0.3) is 0 Å². The Balaban J connectivity index is 2.09. The highest BCUT2D eigenvalue weighted by molar-refractivity contribution is 5.94. The first-order valence-electron chi connectivity index (χ1n) is 6.55. The van der Waals surface area contributed by atoms with Crippen LogP contribution in [0.2, 0.25) is 0 Å². The summed E-state index contributed by atoms with van der Waals surface area (Å²) in [6.07, 6.45) is 0.853. The molecule has 0 atom stereocenters. The lowest BCUT2D eigenvalue weighted by atomic mass is 10.1. The summed E-state index contributed by atoms with van der Waals surface area (Å²) in [6.45, 7) is 0.682. The molecule has 0 aromatic heterocycles. The molecule has 0 aliphatic heterocycles. The highest BCUT2D eigenvalue weighted by Gasteiger charge is 2.06. The average molecular weight is 286 g/mol. The lowest BCUT2D eigenvalue weighted by Gasteiger charge is -2.10. The molecule has 4 N–H and O–H groups in total. The van der Waals surface area contributed by atoms with Gasteiger partial charge in [-0.3, -0.25) is 4.79 Å². The molecular weight excluding hydrogens is 268 g/mol. The van der Waals surface area contributed by atoms with Crippen LogP contribution in [0.1, 0.15) is 15.9 Å². The number of amides is 1. The fourth-order valence-electron chi connectivity index (χ4n) is 1.87. The number of carbonyl (C=O) groups excluding carboxylic acids is 1. The van der Waals surface area contributed by atoms with Crippen molar-refractivity contribution < 1.29 is 14.3 Å². The van der Waals surface area contributed by atoms with Crippen LogP contribution in [0.15, 0.2) is 42.5 Å². The molecule has 0 aliphatic carbocycles. The Kier molecular flexibility index (Phi) is 4.79. The fourth-order valence-corrected chi connectivity index (χ4v) is 1.87. The molecule has 0 heterocycles. The first-order valence-corrected chi connectivity index (χ1v) is 6.55. The number of carbonyl (C=O) groups is 1. The Bertz CT molecular complexity index is 624. The van der Waals surface area contributed by atoms with E-state index in [0.717, 1.165) is 6.42 Å². The van der Waals surface area contributed by atoms with Crippen LogP contribution in [-0.2, 0) is 11.2 Å². The summed E-state index contributed by atoms with van der Waals surface area (Å²) in [5, 5.41) is 0. The maximum atomic E-state index is 11.1. The monoisotopic (exact) mass is 286 g/mol. The van der Waals surface area contributed by atoms with Crippen molar-refractivity contribution in [3.05, 3.63) is 53.6 Å². The number of primary amides is 1. The molecule has 5 heteroatoms. The number of rotatable bonds is 6. The molecule has 2 aromatic carbocycles. The number of hydrogen-bond acceptors (Lipinski definition) is 4. The molecule has 110 valence electrons. The van der Waals surface area contributed by atoms with E-state index in [0.29, 0.717) is 29.4 Å². The third-order valence-corrected chi connectivity index (χ3v) is 3.04. The zero-order valence-corrected chi connectivity index (χ0v) is 11.8. The topological polar surface area (TPSA) is 87.6 Å². The number of methoxy groups -OCH3 is 1. The van der Waals surface area contributed by atoms with Gasteiger partial charge in [-0.15, -0.1) is 0 Å². The SMILES string of the molecule is COCCc1ccc(Oc2ccc(C(N)=O)cc2N)cc1. The molecule has 0 saturated carbocycles. The maximum Gasteiger partial charge on any atom is 0.248 e. The molecule has 0 saturated heterocycles.